The number of nitrogens with one attached hydrogen (secondary N) is 1. The van der Waals surface area contributed by atoms with E-state index in [1.54, 1.807) is 0 Å². The average molecular weight is 242 g/mol. The molecule has 0 amide bonds. The molecule has 0 bridgehead atoms. The molecule has 1 saturated heterocycles. The monoisotopic (exact) mass is 242 g/mol. The van der Waals surface area contributed by atoms with Gasteiger partial charge in [0.05, 0.1) is 0 Å². The Balaban J connectivity index is 2.42. The lowest BCUT2D eigenvalue weighted by Crippen LogP contribution is -2.46. The third-order valence-electron chi connectivity index (χ3n) is 4.10. The van der Waals surface area contributed by atoms with Gasteiger partial charge in [0.1, 0.15) is 0 Å². The summed E-state index contributed by atoms with van der Waals surface area (Å²) in [6.07, 6.45) is 3.61. The molecule has 1 rings (SSSR count). The van der Waals surface area contributed by atoms with Gasteiger partial charge in [-0.1, -0.05) is 20.8 Å². The second kappa shape index (κ2) is 7.34. The highest BCUT2D eigenvalue weighted by atomic mass is 16.5. The molecule has 1 atom stereocenters. The fraction of sp³-hybridized carbons (Fsp3) is 1.00. The molecule has 0 aromatic carbocycles. The Labute approximate surface area is 107 Å². The molecule has 102 valence electrons. The van der Waals surface area contributed by atoms with Crippen molar-refractivity contribution in [2.24, 2.45) is 5.41 Å². The second-order valence-corrected chi connectivity index (χ2v) is 5.70. The summed E-state index contributed by atoms with van der Waals surface area (Å²) in [6.45, 7) is 12.1. The van der Waals surface area contributed by atoms with Crippen molar-refractivity contribution in [3.8, 4) is 0 Å². The van der Waals surface area contributed by atoms with Crippen LogP contribution in [0.5, 0.6) is 0 Å². The van der Waals surface area contributed by atoms with E-state index in [4.69, 9.17) is 4.74 Å². The molecule has 1 aliphatic heterocycles. The Hall–Kier alpha value is -0.120. The summed E-state index contributed by atoms with van der Waals surface area (Å²) in [5.74, 6) is 0. The molecule has 1 fully saturated rings. The Morgan fingerprint density at radius 2 is 1.94 bits per heavy atom. The van der Waals surface area contributed by atoms with E-state index in [9.17, 15) is 0 Å². The Morgan fingerprint density at radius 1 is 1.29 bits per heavy atom. The molecule has 0 radical (unpaired) electrons. The van der Waals surface area contributed by atoms with E-state index in [-0.39, 0.29) is 0 Å². The van der Waals surface area contributed by atoms with Gasteiger partial charge < -0.3 is 15.0 Å². The zero-order valence-electron chi connectivity index (χ0n) is 12.1. The fourth-order valence-electron chi connectivity index (χ4n) is 2.58. The van der Waals surface area contributed by atoms with Crippen molar-refractivity contribution in [3.05, 3.63) is 0 Å². The molecule has 0 spiro atoms. The highest BCUT2D eigenvalue weighted by Gasteiger charge is 2.27. The van der Waals surface area contributed by atoms with Crippen LogP contribution in [0, 0.1) is 5.41 Å². The first-order valence-electron chi connectivity index (χ1n) is 7.10. The molecule has 3 heteroatoms. The summed E-state index contributed by atoms with van der Waals surface area (Å²) in [6, 6.07) is 0.719. The van der Waals surface area contributed by atoms with Crippen molar-refractivity contribution in [2.75, 3.05) is 39.9 Å². The first-order chi connectivity index (χ1) is 8.11. The summed E-state index contributed by atoms with van der Waals surface area (Å²) < 4.78 is 5.43. The second-order valence-electron chi connectivity index (χ2n) is 5.70. The molecule has 1 N–H and O–H groups in total. The van der Waals surface area contributed by atoms with E-state index >= 15 is 0 Å². The van der Waals surface area contributed by atoms with Crippen molar-refractivity contribution in [1.82, 2.24) is 10.2 Å². The predicted octanol–water partition coefficient (Wildman–Crippen LogP) is 2.12. The van der Waals surface area contributed by atoms with Crippen LogP contribution in [0.3, 0.4) is 0 Å². The standard InChI is InChI=1S/C14H30N2O/c1-5-14(3,11-15-6-2)12-16(4)13-7-9-17-10-8-13/h13,15H,5-12H2,1-4H3. The normalized spacial score (nSPS) is 21.7. The van der Waals surface area contributed by atoms with Crippen molar-refractivity contribution in [1.29, 1.82) is 0 Å². The van der Waals surface area contributed by atoms with E-state index < -0.39 is 0 Å². The minimum Gasteiger partial charge on any atom is -0.381 e. The zero-order valence-corrected chi connectivity index (χ0v) is 12.1. The molecular formula is C14H30N2O. The number of hydrogen-bond acceptors (Lipinski definition) is 3. The van der Waals surface area contributed by atoms with Crippen LogP contribution in [0.2, 0.25) is 0 Å². The molecule has 0 saturated carbocycles. The first-order valence-corrected chi connectivity index (χ1v) is 7.10. The van der Waals surface area contributed by atoms with Crippen molar-refractivity contribution in [2.45, 2.75) is 46.1 Å². The highest BCUT2D eigenvalue weighted by molar-refractivity contribution is 4.82. The van der Waals surface area contributed by atoms with Crippen LogP contribution in [0.1, 0.15) is 40.0 Å². The van der Waals surface area contributed by atoms with E-state index in [0.717, 1.165) is 32.3 Å². The highest BCUT2D eigenvalue weighted by Crippen LogP contribution is 2.24. The number of hydrogen-bond donors (Lipinski definition) is 1. The smallest absolute Gasteiger partial charge is 0.0480 e. The maximum atomic E-state index is 5.43. The minimum atomic E-state index is 0.392. The fourth-order valence-corrected chi connectivity index (χ4v) is 2.58. The molecule has 0 aromatic heterocycles. The van der Waals surface area contributed by atoms with Crippen molar-refractivity contribution < 1.29 is 4.74 Å². The maximum absolute atomic E-state index is 5.43. The average Bonchev–Trinajstić information content (AvgIpc) is 2.37. The van der Waals surface area contributed by atoms with Crippen LogP contribution < -0.4 is 5.32 Å². The van der Waals surface area contributed by atoms with E-state index in [1.165, 1.54) is 25.8 Å². The van der Waals surface area contributed by atoms with Gasteiger partial charge in [-0.2, -0.15) is 0 Å². The molecule has 1 aliphatic rings. The SMILES string of the molecule is CCNCC(C)(CC)CN(C)C1CCOCC1. The lowest BCUT2D eigenvalue weighted by molar-refractivity contribution is 0.0288. The lowest BCUT2D eigenvalue weighted by Gasteiger charge is -2.38. The van der Waals surface area contributed by atoms with Crippen LogP contribution in [0.25, 0.3) is 0 Å². The number of ether oxygens (including phenoxy) is 1. The van der Waals surface area contributed by atoms with Crippen LogP contribution in [-0.4, -0.2) is 50.8 Å². The van der Waals surface area contributed by atoms with Gasteiger partial charge in [0.25, 0.3) is 0 Å². The van der Waals surface area contributed by atoms with E-state index in [0.29, 0.717) is 5.41 Å². The van der Waals surface area contributed by atoms with Crippen LogP contribution in [0.15, 0.2) is 0 Å². The van der Waals surface area contributed by atoms with Gasteiger partial charge in [-0.3, -0.25) is 0 Å². The molecule has 17 heavy (non-hydrogen) atoms. The van der Waals surface area contributed by atoms with Crippen molar-refractivity contribution >= 4 is 0 Å². The van der Waals surface area contributed by atoms with Crippen LogP contribution in [-0.2, 0) is 4.74 Å². The summed E-state index contributed by atoms with van der Waals surface area (Å²) in [7, 11) is 2.27. The Morgan fingerprint density at radius 3 is 2.47 bits per heavy atom. The topological polar surface area (TPSA) is 24.5 Å². The quantitative estimate of drug-likeness (QED) is 0.740. The molecule has 0 aromatic rings. The van der Waals surface area contributed by atoms with Gasteiger partial charge in [-0.25, -0.2) is 0 Å². The third-order valence-corrected chi connectivity index (χ3v) is 4.10. The van der Waals surface area contributed by atoms with Crippen LogP contribution in [0.4, 0.5) is 0 Å². The molecule has 1 heterocycles. The predicted molar refractivity (Wildman–Crippen MR) is 73.4 cm³/mol. The minimum absolute atomic E-state index is 0.392. The van der Waals surface area contributed by atoms with Crippen LogP contribution >= 0.6 is 0 Å². The largest absolute Gasteiger partial charge is 0.381 e. The molecular weight excluding hydrogens is 212 g/mol. The van der Waals surface area contributed by atoms with Gasteiger partial charge in [0, 0.05) is 32.3 Å². The molecule has 0 aliphatic carbocycles. The van der Waals surface area contributed by atoms with Gasteiger partial charge >= 0.3 is 0 Å². The Kier molecular flexibility index (Phi) is 6.45. The summed E-state index contributed by atoms with van der Waals surface area (Å²) in [5.41, 5.74) is 0.392. The van der Waals surface area contributed by atoms with E-state index in [1.807, 2.05) is 0 Å². The summed E-state index contributed by atoms with van der Waals surface area (Å²) in [5, 5.41) is 3.50. The van der Waals surface area contributed by atoms with Gasteiger partial charge in [-0.05, 0) is 38.3 Å². The number of nitrogens with zero attached hydrogens (tertiary/aromatic N) is 1. The summed E-state index contributed by atoms with van der Waals surface area (Å²) in [4.78, 5) is 2.54. The van der Waals surface area contributed by atoms with Gasteiger partial charge in [0.15, 0.2) is 0 Å². The maximum Gasteiger partial charge on any atom is 0.0480 e. The third kappa shape index (κ3) is 4.94. The summed E-state index contributed by atoms with van der Waals surface area (Å²) >= 11 is 0. The first kappa shape index (κ1) is 14.9. The van der Waals surface area contributed by atoms with Gasteiger partial charge in [-0.15, -0.1) is 0 Å². The molecule has 1 unspecified atom stereocenters. The molecule has 3 nitrogen and oxygen atoms in total. The zero-order chi connectivity index (χ0) is 12.7. The van der Waals surface area contributed by atoms with E-state index in [2.05, 4.69) is 38.0 Å². The number of rotatable bonds is 7. The van der Waals surface area contributed by atoms with Crippen molar-refractivity contribution in [3.63, 3.8) is 0 Å². The Bertz CT molecular complexity index is 204. The van der Waals surface area contributed by atoms with Gasteiger partial charge in [0.2, 0.25) is 0 Å². The lowest BCUT2D eigenvalue weighted by atomic mass is 9.86.